The first kappa shape index (κ1) is 20.0. The minimum absolute atomic E-state index is 0.0686. The highest BCUT2D eigenvalue weighted by Gasteiger charge is 2.37. The van der Waals surface area contributed by atoms with Crippen molar-refractivity contribution < 1.29 is 18.8 Å². The average molecular weight is 412 g/mol. The lowest BCUT2D eigenvalue weighted by atomic mass is 9.95. The van der Waals surface area contributed by atoms with Crippen LogP contribution in [0.25, 0.3) is 0 Å². The Kier molecular flexibility index (Phi) is 5.72. The Morgan fingerprint density at radius 2 is 2.07 bits per heavy atom. The molecule has 2 aliphatic heterocycles. The Morgan fingerprint density at radius 3 is 2.73 bits per heavy atom. The lowest BCUT2D eigenvalue weighted by Crippen LogP contribution is -2.42. The molecule has 1 amide bonds. The zero-order valence-electron chi connectivity index (χ0n) is 16.5. The second-order valence-electron chi connectivity index (χ2n) is 7.17. The molecule has 0 unspecified atom stereocenters. The van der Waals surface area contributed by atoms with E-state index in [1.807, 2.05) is 11.0 Å². The van der Waals surface area contributed by atoms with E-state index in [0.717, 1.165) is 6.20 Å². The van der Waals surface area contributed by atoms with Crippen LogP contribution in [0.3, 0.4) is 0 Å². The number of nitrogens with zero attached hydrogens (tertiary/aromatic N) is 6. The molecule has 30 heavy (non-hydrogen) atoms. The predicted octanol–water partition coefficient (Wildman–Crippen LogP) is 2.01. The zero-order chi connectivity index (χ0) is 21.1. The number of pyridine rings is 1. The van der Waals surface area contributed by atoms with Gasteiger partial charge >= 0.3 is 0 Å². The third kappa shape index (κ3) is 3.89. The van der Waals surface area contributed by atoms with E-state index in [1.165, 1.54) is 18.4 Å². The summed E-state index contributed by atoms with van der Waals surface area (Å²) >= 11 is 0. The van der Waals surface area contributed by atoms with Crippen LogP contribution in [0.5, 0.6) is 5.88 Å². The third-order valence-corrected chi connectivity index (χ3v) is 5.40. The van der Waals surface area contributed by atoms with Crippen LogP contribution in [-0.2, 0) is 9.63 Å². The monoisotopic (exact) mass is 412 g/mol. The molecule has 4 rings (SSSR count). The van der Waals surface area contributed by atoms with Crippen LogP contribution in [0.4, 0.5) is 10.3 Å². The third-order valence-electron chi connectivity index (χ3n) is 5.40. The van der Waals surface area contributed by atoms with E-state index >= 15 is 0 Å². The van der Waals surface area contributed by atoms with Crippen LogP contribution < -0.4 is 9.64 Å². The number of hydrogen-bond donors (Lipinski definition) is 0. The number of nitriles is 1. The lowest BCUT2D eigenvalue weighted by molar-refractivity contribution is -0.182. The van der Waals surface area contributed by atoms with E-state index in [4.69, 9.17) is 14.8 Å². The fourth-order valence-electron chi connectivity index (χ4n) is 3.77. The Hall–Kier alpha value is -3.32. The molecule has 0 radical (unpaired) electrons. The number of rotatable bonds is 4. The fourth-order valence-corrected chi connectivity index (χ4v) is 3.77. The number of carbonyl (C=O) groups excluding carboxylic acids is 1. The molecule has 156 valence electrons. The number of piperidine rings is 1. The molecular formula is C20H21FN6O3. The summed E-state index contributed by atoms with van der Waals surface area (Å²) < 4.78 is 18.5. The van der Waals surface area contributed by atoms with E-state index in [1.54, 1.807) is 12.1 Å². The largest absolute Gasteiger partial charge is 0.479 e. The van der Waals surface area contributed by atoms with Gasteiger partial charge in [0, 0.05) is 31.6 Å². The van der Waals surface area contributed by atoms with Crippen LogP contribution in [0.2, 0.25) is 0 Å². The first-order chi connectivity index (χ1) is 14.6. The summed E-state index contributed by atoms with van der Waals surface area (Å²) in [7, 11) is 1.36. The molecule has 0 aliphatic carbocycles. The van der Waals surface area contributed by atoms with Gasteiger partial charge in [0.1, 0.15) is 12.1 Å². The first-order valence-electron chi connectivity index (χ1n) is 9.74. The quantitative estimate of drug-likeness (QED) is 0.751. The highest BCUT2D eigenvalue weighted by atomic mass is 19.1. The average Bonchev–Trinajstić information content (AvgIpc) is 3.29. The molecule has 0 aromatic carbocycles. The number of methoxy groups -OCH3 is 1. The molecule has 2 fully saturated rings. The van der Waals surface area contributed by atoms with Crippen molar-refractivity contribution in [1.82, 2.24) is 20.0 Å². The van der Waals surface area contributed by atoms with Gasteiger partial charge in [-0.3, -0.25) is 14.6 Å². The topological polar surface area (TPSA) is 104 Å². The minimum atomic E-state index is -0.611. The molecule has 2 aromatic heterocycles. The molecule has 0 saturated carbocycles. The predicted molar refractivity (Wildman–Crippen MR) is 103 cm³/mol. The SMILES string of the molecule is COc1nc(N2CCC(C(=O)N3OCC[C@H]3c3ccc(C#N)cn3)CC2)ncc1F. The van der Waals surface area contributed by atoms with Gasteiger partial charge in [-0.2, -0.15) is 14.6 Å². The van der Waals surface area contributed by atoms with Crippen molar-refractivity contribution in [3.8, 4) is 11.9 Å². The number of halogens is 1. The summed E-state index contributed by atoms with van der Waals surface area (Å²) in [5.74, 6) is -0.582. The fraction of sp³-hybridized carbons (Fsp3) is 0.450. The minimum Gasteiger partial charge on any atom is -0.479 e. The molecular weight excluding hydrogens is 391 g/mol. The maximum atomic E-state index is 13.5. The van der Waals surface area contributed by atoms with Gasteiger partial charge in [0.05, 0.1) is 31.2 Å². The molecule has 4 heterocycles. The smallest absolute Gasteiger partial charge is 0.255 e. The van der Waals surface area contributed by atoms with E-state index in [2.05, 4.69) is 15.0 Å². The number of anilines is 1. The molecule has 1 atom stereocenters. The van der Waals surface area contributed by atoms with Gasteiger partial charge in [-0.15, -0.1) is 0 Å². The molecule has 0 N–H and O–H groups in total. The molecule has 2 aliphatic rings. The van der Waals surface area contributed by atoms with Gasteiger partial charge in [-0.1, -0.05) is 0 Å². The van der Waals surface area contributed by atoms with Gasteiger partial charge in [0.15, 0.2) is 0 Å². The number of hydrogen-bond acceptors (Lipinski definition) is 8. The summed E-state index contributed by atoms with van der Waals surface area (Å²) in [6, 6.07) is 5.24. The van der Waals surface area contributed by atoms with Gasteiger partial charge < -0.3 is 9.64 Å². The standard InChI is InChI=1S/C20H21FN6O3/c1-29-18-15(21)12-24-20(25-18)26-7-4-14(5-8-26)19(28)27-17(6-9-30-27)16-3-2-13(10-22)11-23-16/h2-3,11-12,14,17H,4-9H2,1H3/t17-/m0/s1. The Bertz CT molecular complexity index is 956. The maximum absolute atomic E-state index is 13.5. The van der Waals surface area contributed by atoms with Crippen molar-refractivity contribution in [3.05, 3.63) is 41.6 Å². The number of amides is 1. The second-order valence-corrected chi connectivity index (χ2v) is 7.17. The van der Waals surface area contributed by atoms with Crippen LogP contribution in [0, 0.1) is 23.1 Å². The van der Waals surface area contributed by atoms with Crippen LogP contribution in [-0.4, -0.2) is 52.7 Å². The maximum Gasteiger partial charge on any atom is 0.255 e. The van der Waals surface area contributed by atoms with Crippen molar-refractivity contribution in [2.24, 2.45) is 5.92 Å². The van der Waals surface area contributed by atoms with E-state index in [0.29, 0.717) is 56.2 Å². The van der Waals surface area contributed by atoms with Crippen molar-refractivity contribution in [1.29, 1.82) is 5.26 Å². The summed E-state index contributed by atoms with van der Waals surface area (Å²) in [6.45, 7) is 1.58. The molecule has 10 heteroatoms. The Morgan fingerprint density at radius 1 is 1.27 bits per heavy atom. The second kappa shape index (κ2) is 8.59. The molecule has 0 spiro atoms. The molecule has 9 nitrogen and oxygen atoms in total. The summed E-state index contributed by atoms with van der Waals surface area (Å²) in [5.41, 5.74) is 1.19. The van der Waals surface area contributed by atoms with Crippen LogP contribution >= 0.6 is 0 Å². The van der Waals surface area contributed by atoms with Crippen molar-refractivity contribution in [2.75, 3.05) is 31.7 Å². The van der Waals surface area contributed by atoms with Gasteiger partial charge in [0.25, 0.3) is 5.88 Å². The molecule has 2 aromatic rings. The number of ether oxygens (including phenoxy) is 1. The zero-order valence-corrected chi connectivity index (χ0v) is 16.5. The van der Waals surface area contributed by atoms with Crippen LogP contribution in [0.15, 0.2) is 24.5 Å². The van der Waals surface area contributed by atoms with Crippen molar-refractivity contribution in [3.63, 3.8) is 0 Å². The van der Waals surface area contributed by atoms with Gasteiger partial charge in [-0.05, 0) is 25.0 Å². The first-order valence-corrected chi connectivity index (χ1v) is 9.74. The lowest BCUT2D eigenvalue weighted by Gasteiger charge is -2.33. The number of hydroxylamine groups is 2. The molecule has 2 saturated heterocycles. The summed E-state index contributed by atoms with van der Waals surface area (Å²) in [4.78, 5) is 33.1. The number of aromatic nitrogens is 3. The Balaban J connectivity index is 1.40. The highest BCUT2D eigenvalue weighted by Crippen LogP contribution is 2.33. The van der Waals surface area contributed by atoms with E-state index < -0.39 is 5.82 Å². The summed E-state index contributed by atoms with van der Waals surface area (Å²) in [5, 5.41) is 10.4. The highest BCUT2D eigenvalue weighted by molar-refractivity contribution is 5.78. The van der Waals surface area contributed by atoms with E-state index in [-0.39, 0.29) is 23.7 Å². The normalized spacial score (nSPS) is 19.6. The Labute approximate surface area is 173 Å². The van der Waals surface area contributed by atoms with Crippen molar-refractivity contribution in [2.45, 2.75) is 25.3 Å². The van der Waals surface area contributed by atoms with Crippen molar-refractivity contribution >= 4 is 11.9 Å². The summed E-state index contributed by atoms with van der Waals surface area (Å²) in [6.07, 6.45) is 4.47. The number of carbonyl (C=O) groups is 1. The van der Waals surface area contributed by atoms with Crippen LogP contribution in [0.1, 0.15) is 36.6 Å². The van der Waals surface area contributed by atoms with Gasteiger partial charge in [-0.25, -0.2) is 10.0 Å². The van der Waals surface area contributed by atoms with E-state index in [9.17, 15) is 9.18 Å². The van der Waals surface area contributed by atoms with Gasteiger partial charge in [0.2, 0.25) is 17.7 Å². The molecule has 0 bridgehead atoms.